The van der Waals surface area contributed by atoms with Gasteiger partial charge in [-0.1, -0.05) is 23.4 Å². The maximum Gasteiger partial charge on any atom is 0.410 e. The van der Waals surface area contributed by atoms with Crippen LogP contribution in [0, 0.1) is 5.82 Å². The molecule has 1 aliphatic rings. The predicted octanol–water partition coefficient (Wildman–Crippen LogP) is 3.72. The number of ether oxygens (including phenoxy) is 2. The van der Waals surface area contributed by atoms with Gasteiger partial charge in [-0.25, -0.2) is 9.18 Å². The molecule has 9 nitrogen and oxygen atoms in total. The van der Waals surface area contributed by atoms with Gasteiger partial charge in [-0.05, 0) is 51.6 Å². The molecule has 2 atom stereocenters. The maximum absolute atomic E-state index is 13.5. The monoisotopic (exact) mass is 516 g/mol. The second-order valence-electron chi connectivity index (χ2n) is 8.47. The lowest BCUT2D eigenvalue weighted by molar-refractivity contribution is -0.121. The highest BCUT2D eigenvalue weighted by Gasteiger charge is 2.39. The van der Waals surface area contributed by atoms with Crippen molar-refractivity contribution in [3.63, 3.8) is 0 Å². The van der Waals surface area contributed by atoms with E-state index >= 15 is 0 Å². The number of hydrogen-bond acceptors (Lipinski definition) is 8. The highest BCUT2D eigenvalue weighted by atomic mass is 35.5. The predicted molar refractivity (Wildman–Crippen MR) is 123 cm³/mol. The van der Waals surface area contributed by atoms with Crippen molar-refractivity contribution >= 4 is 44.3 Å². The molecule has 0 radical (unpaired) electrons. The van der Waals surface area contributed by atoms with Gasteiger partial charge in [0.15, 0.2) is 15.6 Å². The zero-order chi connectivity index (χ0) is 24.2. The number of halogens is 2. The quantitative estimate of drug-likeness (QED) is 0.457. The Labute approximate surface area is 202 Å². The summed E-state index contributed by atoms with van der Waals surface area (Å²) < 4.78 is 30.1. The van der Waals surface area contributed by atoms with Crippen molar-refractivity contribution in [2.45, 2.75) is 50.1 Å². The average molecular weight is 517 g/mol. The Hall–Kier alpha value is -2.31. The molecule has 1 aromatic carbocycles. The molecule has 180 valence electrons. The Morgan fingerprint density at radius 1 is 1.39 bits per heavy atom. The molecule has 33 heavy (non-hydrogen) atoms. The summed E-state index contributed by atoms with van der Waals surface area (Å²) in [6.07, 6.45) is 2.20. The molecule has 3 rings (SSSR count). The summed E-state index contributed by atoms with van der Waals surface area (Å²) in [5, 5.41) is 8.44. The molecule has 1 aliphatic heterocycles. The van der Waals surface area contributed by atoms with E-state index < -0.39 is 32.5 Å². The number of rotatable bonds is 6. The summed E-state index contributed by atoms with van der Waals surface area (Å²) in [4.78, 5) is 29.9. The number of amides is 2. The third-order valence-electron chi connectivity index (χ3n) is 4.72. The maximum atomic E-state index is 13.5. The lowest BCUT2D eigenvalue weighted by Crippen LogP contribution is -2.55. The van der Waals surface area contributed by atoms with E-state index in [-0.39, 0.29) is 23.3 Å². The van der Waals surface area contributed by atoms with E-state index in [9.17, 15) is 14.0 Å². The molecular formula is C20H26ClFN4O5SSi. The second-order valence-corrected chi connectivity index (χ2v) is 12.3. The first-order chi connectivity index (χ1) is 15.6. The molecular weight excluding hydrogens is 491 g/mol. The summed E-state index contributed by atoms with van der Waals surface area (Å²) in [5.74, 6) is -0.418. The van der Waals surface area contributed by atoms with Crippen LogP contribution in [0.25, 0.3) is 0 Å². The number of nitrogens with zero attached hydrogens (tertiary/aromatic N) is 3. The van der Waals surface area contributed by atoms with Crippen LogP contribution in [0.3, 0.4) is 0 Å². The number of benzene rings is 1. The van der Waals surface area contributed by atoms with E-state index in [2.05, 4.69) is 15.2 Å². The Morgan fingerprint density at radius 2 is 2.15 bits per heavy atom. The van der Waals surface area contributed by atoms with Gasteiger partial charge in [0.2, 0.25) is 11.8 Å². The van der Waals surface area contributed by atoms with Gasteiger partial charge in [0.1, 0.15) is 23.2 Å². The molecule has 2 amide bonds. The topological polar surface area (TPSA) is 107 Å². The van der Waals surface area contributed by atoms with E-state index in [4.69, 9.17) is 25.5 Å². The minimum atomic E-state index is -1.92. The Kier molecular flexibility index (Phi) is 8.24. The summed E-state index contributed by atoms with van der Waals surface area (Å²) in [5.41, 5.74) is -0.680. The van der Waals surface area contributed by atoms with Gasteiger partial charge in [-0.2, -0.15) is 0 Å². The molecule has 0 spiro atoms. The van der Waals surface area contributed by atoms with Crippen LogP contribution in [-0.2, 0) is 9.53 Å². The van der Waals surface area contributed by atoms with Gasteiger partial charge in [-0.3, -0.25) is 9.69 Å². The standard InChI is InChI=1S/C20H26ClFN4O5SSi/c1-20(2,3)31-19(28)26-11-33(8-7-15(26)17-23-24-18(30-17)32-4)25-16(27)10-29-12-5-6-13(21)14(22)9-12/h5-6,9,15,33H,7-8,10-11H2,1-4H3,(H,25,27)/t15-,33+/m1/s1. The lowest BCUT2D eigenvalue weighted by Gasteiger charge is -2.38. The molecule has 1 fully saturated rings. The Balaban J connectivity index is 1.64. The number of thioether (sulfide) groups is 1. The van der Waals surface area contributed by atoms with Crippen molar-refractivity contribution in [1.82, 2.24) is 20.1 Å². The molecule has 1 aromatic heterocycles. The first-order valence-electron chi connectivity index (χ1n) is 10.3. The smallest absolute Gasteiger partial charge is 0.410 e. The van der Waals surface area contributed by atoms with Crippen LogP contribution in [0.15, 0.2) is 27.8 Å². The molecule has 1 saturated heterocycles. The molecule has 2 heterocycles. The van der Waals surface area contributed by atoms with Crippen LogP contribution >= 0.6 is 23.4 Å². The van der Waals surface area contributed by atoms with E-state index in [0.29, 0.717) is 29.7 Å². The Morgan fingerprint density at radius 3 is 2.79 bits per heavy atom. The fraction of sp³-hybridized carbons (Fsp3) is 0.500. The first kappa shape index (κ1) is 25.3. The fourth-order valence-electron chi connectivity index (χ4n) is 3.29. The molecule has 1 N–H and O–H groups in total. The minimum absolute atomic E-state index is 0.0240. The van der Waals surface area contributed by atoms with E-state index in [1.807, 2.05) is 6.26 Å². The van der Waals surface area contributed by atoms with Gasteiger partial charge in [0, 0.05) is 12.2 Å². The molecule has 0 bridgehead atoms. The third kappa shape index (κ3) is 7.08. The summed E-state index contributed by atoms with van der Waals surface area (Å²) >= 11 is 6.97. The molecule has 2 aromatic rings. The number of aromatic nitrogens is 2. The number of carbonyl (C=O) groups is 2. The highest BCUT2D eigenvalue weighted by molar-refractivity contribution is 7.98. The van der Waals surface area contributed by atoms with Gasteiger partial charge >= 0.3 is 6.09 Å². The molecule has 13 heteroatoms. The summed E-state index contributed by atoms with van der Waals surface area (Å²) in [7, 11) is -1.92. The molecule has 0 aliphatic carbocycles. The molecule has 0 unspecified atom stereocenters. The van der Waals surface area contributed by atoms with Crippen LogP contribution in [0.1, 0.15) is 39.1 Å². The van der Waals surface area contributed by atoms with Crippen molar-refractivity contribution in [1.29, 1.82) is 0 Å². The van der Waals surface area contributed by atoms with Crippen LogP contribution < -0.4 is 9.72 Å². The van der Waals surface area contributed by atoms with Crippen LogP contribution in [0.2, 0.25) is 11.1 Å². The number of nitrogens with one attached hydrogen (secondary N) is 1. The van der Waals surface area contributed by atoms with Crippen LogP contribution in [0.4, 0.5) is 9.18 Å². The van der Waals surface area contributed by atoms with Crippen LogP contribution in [0.5, 0.6) is 5.75 Å². The van der Waals surface area contributed by atoms with Crippen molar-refractivity contribution in [2.75, 3.05) is 19.0 Å². The number of hydrogen-bond donors (Lipinski definition) is 1. The summed E-state index contributed by atoms with van der Waals surface area (Å²) in [6.45, 7) is 5.09. The van der Waals surface area contributed by atoms with Crippen LogP contribution in [-0.4, -0.2) is 60.7 Å². The normalized spacial score (nSPS) is 18.7. The largest absolute Gasteiger partial charge is 0.484 e. The SMILES string of the molecule is CSc1nnc([C@H]2CC[Si@H](NC(=O)COc3ccc(Cl)c(F)c3)CN2C(=O)OC(C)(C)C)o1. The van der Waals surface area contributed by atoms with E-state index in [1.165, 1.54) is 23.9 Å². The number of carbonyl (C=O) groups excluding carboxylic acids is 2. The first-order valence-corrected chi connectivity index (χ1v) is 14.1. The second kappa shape index (κ2) is 10.7. The van der Waals surface area contributed by atoms with Gasteiger partial charge < -0.3 is 18.9 Å². The van der Waals surface area contributed by atoms with Gasteiger partial charge in [0.05, 0.1) is 5.02 Å². The van der Waals surface area contributed by atoms with Crippen molar-refractivity contribution in [2.24, 2.45) is 0 Å². The van der Waals surface area contributed by atoms with Gasteiger partial charge in [0.25, 0.3) is 5.22 Å². The minimum Gasteiger partial charge on any atom is -0.484 e. The van der Waals surface area contributed by atoms with Crippen molar-refractivity contribution < 1.29 is 27.9 Å². The zero-order valence-corrected chi connectivity index (χ0v) is 21.5. The third-order valence-corrected chi connectivity index (χ3v) is 8.13. The average Bonchev–Trinajstić information content (AvgIpc) is 3.22. The van der Waals surface area contributed by atoms with Crippen molar-refractivity contribution in [3.8, 4) is 5.75 Å². The van der Waals surface area contributed by atoms with Crippen molar-refractivity contribution in [3.05, 3.63) is 34.9 Å². The zero-order valence-electron chi connectivity index (χ0n) is 18.8. The Bertz CT molecular complexity index is 1010. The highest BCUT2D eigenvalue weighted by Crippen LogP contribution is 2.32. The van der Waals surface area contributed by atoms with E-state index in [0.717, 1.165) is 6.07 Å². The van der Waals surface area contributed by atoms with E-state index in [1.54, 1.807) is 25.7 Å². The van der Waals surface area contributed by atoms with Gasteiger partial charge in [-0.15, -0.1) is 10.2 Å². The molecule has 0 saturated carbocycles. The summed E-state index contributed by atoms with van der Waals surface area (Å²) in [6, 6.07) is 4.25. The lowest BCUT2D eigenvalue weighted by atomic mass is 10.2. The fourth-order valence-corrected chi connectivity index (χ4v) is 6.25.